The Morgan fingerprint density at radius 1 is 1.14 bits per heavy atom. The van der Waals surface area contributed by atoms with Crippen LogP contribution in [-0.2, 0) is 25.8 Å². The molecule has 3 heterocycles. The van der Waals surface area contributed by atoms with Crippen LogP contribution in [0, 0.1) is 0 Å². The normalized spacial score (nSPS) is 19.6. The van der Waals surface area contributed by atoms with E-state index in [9.17, 15) is 31.2 Å². The Hall–Kier alpha value is -2.21. The van der Waals surface area contributed by atoms with Crippen molar-refractivity contribution in [3.05, 3.63) is 23.9 Å². The second-order valence-corrected chi connectivity index (χ2v) is 8.64. The van der Waals surface area contributed by atoms with Crippen molar-refractivity contribution in [1.29, 1.82) is 0 Å². The first-order chi connectivity index (χ1) is 13.1. The maximum atomic E-state index is 12.5. The predicted octanol–water partition coefficient (Wildman–Crippen LogP) is 1.03. The maximum Gasteiger partial charge on any atom is 0.417 e. The zero-order chi connectivity index (χ0) is 20.5. The minimum absolute atomic E-state index is 0.0208. The number of piperidine rings is 1. The number of alkyl halides is 3. The summed E-state index contributed by atoms with van der Waals surface area (Å²) >= 11 is 0. The van der Waals surface area contributed by atoms with Gasteiger partial charge in [0.1, 0.15) is 6.10 Å². The van der Waals surface area contributed by atoms with Crippen LogP contribution in [0.15, 0.2) is 18.3 Å². The van der Waals surface area contributed by atoms with E-state index in [1.54, 1.807) is 0 Å². The number of hydrogen-bond donors (Lipinski definition) is 0. The van der Waals surface area contributed by atoms with Crippen molar-refractivity contribution in [2.75, 3.05) is 25.4 Å². The Morgan fingerprint density at radius 2 is 1.79 bits per heavy atom. The van der Waals surface area contributed by atoms with E-state index in [-0.39, 0.29) is 55.9 Å². The number of pyridine rings is 1. The van der Waals surface area contributed by atoms with Crippen LogP contribution in [0.4, 0.5) is 13.2 Å². The van der Waals surface area contributed by atoms with E-state index < -0.39 is 27.9 Å². The average Bonchev–Trinajstić information content (AvgIpc) is 2.56. The Balaban J connectivity index is 1.48. The predicted molar refractivity (Wildman–Crippen MR) is 89.6 cm³/mol. The lowest BCUT2D eigenvalue weighted by molar-refractivity contribution is -0.147. The molecule has 2 aliphatic heterocycles. The van der Waals surface area contributed by atoms with Crippen molar-refractivity contribution in [3.8, 4) is 5.88 Å². The van der Waals surface area contributed by atoms with Gasteiger partial charge in [-0.15, -0.1) is 0 Å². The highest BCUT2D eigenvalue weighted by Crippen LogP contribution is 2.29. The standard InChI is InChI=1S/C16H18F3N3O5S/c17-16(18,19)11-4-5-13(20-8-11)27-12-9-21(10-12)28(25,26)7-6-22-14(23)2-1-3-15(22)24/h4-5,8,12H,1-3,6-7,9-10H2. The molecule has 2 saturated heterocycles. The molecule has 1 aromatic heterocycles. The fraction of sp³-hybridized carbons (Fsp3) is 0.562. The largest absolute Gasteiger partial charge is 0.472 e. The van der Waals surface area contributed by atoms with Gasteiger partial charge in [0.25, 0.3) is 0 Å². The van der Waals surface area contributed by atoms with Crippen molar-refractivity contribution in [2.24, 2.45) is 0 Å². The summed E-state index contributed by atoms with van der Waals surface area (Å²) in [7, 11) is -3.68. The Bertz CT molecular complexity index is 835. The number of amides is 2. The lowest BCUT2D eigenvalue weighted by Crippen LogP contribution is -2.57. The van der Waals surface area contributed by atoms with Crippen LogP contribution in [0.3, 0.4) is 0 Å². The molecule has 2 aliphatic rings. The SMILES string of the molecule is O=C1CCCC(=O)N1CCS(=O)(=O)N1CC(Oc2ccc(C(F)(F)F)cn2)C1. The monoisotopic (exact) mass is 421 g/mol. The molecule has 0 unspecified atom stereocenters. The summed E-state index contributed by atoms with van der Waals surface area (Å²) in [6, 6.07) is 1.91. The van der Waals surface area contributed by atoms with Gasteiger partial charge >= 0.3 is 6.18 Å². The quantitative estimate of drug-likeness (QED) is 0.637. The molecule has 0 aromatic carbocycles. The number of ether oxygens (including phenoxy) is 1. The van der Waals surface area contributed by atoms with Crippen LogP contribution in [0.2, 0.25) is 0 Å². The third-order valence-electron chi connectivity index (χ3n) is 4.52. The molecule has 2 fully saturated rings. The topological polar surface area (TPSA) is 96.9 Å². The van der Waals surface area contributed by atoms with Gasteiger partial charge in [-0.1, -0.05) is 0 Å². The number of nitrogens with zero attached hydrogens (tertiary/aromatic N) is 3. The third kappa shape index (κ3) is 4.61. The first-order valence-electron chi connectivity index (χ1n) is 8.57. The van der Waals surface area contributed by atoms with Crippen LogP contribution in [0.25, 0.3) is 0 Å². The van der Waals surface area contributed by atoms with E-state index in [1.807, 2.05) is 0 Å². The molecule has 3 rings (SSSR count). The molecule has 12 heteroatoms. The second-order valence-electron chi connectivity index (χ2n) is 6.55. The van der Waals surface area contributed by atoms with E-state index in [4.69, 9.17) is 4.74 Å². The number of imide groups is 1. The number of sulfonamides is 1. The van der Waals surface area contributed by atoms with Gasteiger partial charge < -0.3 is 4.74 Å². The lowest BCUT2D eigenvalue weighted by Gasteiger charge is -2.38. The molecule has 28 heavy (non-hydrogen) atoms. The molecule has 0 radical (unpaired) electrons. The molecule has 0 N–H and O–H groups in total. The highest BCUT2D eigenvalue weighted by molar-refractivity contribution is 7.89. The van der Waals surface area contributed by atoms with E-state index in [0.29, 0.717) is 12.6 Å². The van der Waals surface area contributed by atoms with Crippen molar-refractivity contribution < 1.29 is 35.9 Å². The van der Waals surface area contributed by atoms with Gasteiger partial charge in [-0.3, -0.25) is 14.5 Å². The zero-order valence-corrected chi connectivity index (χ0v) is 15.5. The Labute approximate surface area is 159 Å². The van der Waals surface area contributed by atoms with Crippen molar-refractivity contribution in [3.63, 3.8) is 0 Å². The molecule has 154 valence electrons. The van der Waals surface area contributed by atoms with Crippen LogP contribution >= 0.6 is 0 Å². The molecule has 0 saturated carbocycles. The van der Waals surface area contributed by atoms with E-state index >= 15 is 0 Å². The van der Waals surface area contributed by atoms with Gasteiger partial charge in [-0.05, 0) is 12.5 Å². The minimum Gasteiger partial charge on any atom is -0.472 e. The number of carbonyl (C=O) groups is 2. The fourth-order valence-corrected chi connectivity index (χ4v) is 4.33. The number of rotatable bonds is 6. The highest BCUT2D eigenvalue weighted by Gasteiger charge is 2.38. The summed E-state index contributed by atoms with van der Waals surface area (Å²) in [5.41, 5.74) is -0.903. The molecule has 0 atom stereocenters. The van der Waals surface area contributed by atoms with Gasteiger partial charge in [0.05, 0.1) is 24.4 Å². The van der Waals surface area contributed by atoms with Gasteiger partial charge in [0.2, 0.25) is 27.7 Å². The molecule has 1 aromatic rings. The number of hydrogen-bond acceptors (Lipinski definition) is 6. The summed E-state index contributed by atoms with van der Waals surface area (Å²) in [6.07, 6.45) is -3.45. The summed E-state index contributed by atoms with van der Waals surface area (Å²) in [4.78, 5) is 28.0. The summed E-state index contributed by atoms with van der Waals surface area (Å²) in [5, 5.41) is 0. The average molecular weight is 421 g/mol. The Kier molecular flexibility index (Phi) is 5.62. The smallest absolute Gasteiger partial charge is 0.417 e. The summed E-state index contributed by atoms with van der Waals surface area (Å²) in [5.74, 6) is -1.15. The van der Waals surface area contributed by atoms with Gasteiger partial charge in [0.15, 0.2) is 0 Å². The molecule has 0 spiro atoms. The Morgan fingerprint density at radius 3 is 2.32 bits per heavy atom. The van der Waals surface area contributed by atoms with Crippen LogP contribution in [0.1, 0.15) is 24.8 Å². The third-order valence-corrected chi connectivity index (χ3v) is 6.30. The van der Waals surface area contributed by atoms with Gasteiger partial charge in [0, 0.05) is 31.6 Å². The molecular weight excluding hydrogens is 403 g/mol. The number of likely N-dealkylation sites (tertiary alicyclic amines) is 1. The van der Waals surface area contributed by atoms with E-state index in [1.165, 1.54) is 0 Å². The van der Waals surface area contributed by atoms with Gasteiger partial charge in [-0.25, -0.2) is 13.4 Å². The van der Waals surface area contributed by atoms with Crippen molar-refractivity contribution >= 4 is 21.8 Å². The first kappa shape index (κ1) is 20.5. The number of aromatic nitrogens is 1. The zero-order valence-electron chi connectivity index (χ0n) is 14.7. The number of halogens is 3. The van der Waals surface area contributed by atoms with Crippen LogP contribution < -0.4 is 4.74 Å². The van der Waals surface area contributed by atoms with E-state index in [2.05, 4.69) is 4.98 Å². The fourth-order valence-electron chi connectivity index (χ4n) is 2.88. The van der Waals surface area contributed by atoms with Gasteiger partial charge in [-0.2, -0.15) is 17.5 Å². The number of carbonyl (C=O) groups excluding carboxylic acids is 2. The minimum atomic E-state index is -4.50. The van der Waals surface area contributed by atoms with Crippen LogP contribution in [0.5, 0.6) is 5.88 Å². The molecular formula is C16H18F3N3O5S. The van der Waals surface area contributed by atoms with Crippen molar-refractivity contribution in [1.82, 2.24) is 14.2 Å². The maximum absolute atomic E-state index is 12.5. The highest BCUT2D eigenvalue weighted by atomic mass is 32.2. The summed E-state index contributed by atoms with van der Waals surface area (Å²) in [6.45, 7) is -0.150. The molecule has 0 aliphatic carbocycles. The first-order valence-corrected chi connectivity index (χ1v) is 10.2. The lowest BCUT2D eigenvalue weighted by atomic mass is 10.1. The molecule has 8 nitrogen and oxygen atoms in total. The van der Waals surface area contributed by atoms with E-state index in [0.717, 1.165) is 21.3 Å². The van der Waals surface area contributed by atoms with Crippen LogP contribution in [-0.4, -0.2) is 65.9 Å². The van der Waals surface area contributed by atoms with Crippen molar-refractivity contribution in [2.45, 2.75) is 31.5 Å². The summed E-state index contributed by atoms with van der Waals surface area (Å²) < 4.78 is 68.6. The molecule has 2 amide bonds. The molecule has 0 bridgehead atoms. The second kappa shape index (κ2) is 7.66.